The Kier molecular flexibility index (Phi) is 4.61. The van der Waals surface area contributed by atoms with E-state index in [2.05, 4.69) is 6.58 Å². The van der Waals surface area contributed by atoms with Crippen LogP contribution in [0.1, 0.15) is 6.42 Å². The molecule has 0 unspecified atom stereocenters. The van der Waals surface area contributed by atoms with Crippen molar-refractivity contribution in [2.45, 2.75) is 12.7 Å². The van der Waals surface area contributed by atoms with Gasteiger partial charge in [0.2, 0.25) is 0 Å². The molecule has 2 heteroatoms. The molecule has 0 saturated carbocycles. The maximum Gasteiger partial charge on any atom is 0.160 e. The van der Waals surface area contributed by atoms with Crippen molar-refractivity contribution in [1.82, 2.24) is 0 Å². The highest BCUT2D eigenvalue weighted by Gasteiger charge is 1.98. The Morgan fingerprint density at radius 3 is 2.12 bits per heavy atom. The third kappa shape index (κ3) is 2.77. The second kappa shape index (κ2) is 4.81. The van der Waals surface area contributed by atoms with Crippen LogP contribution < -0.4 is 0 Å². The Balaban J connectivity index is 3.20. The predicted octanol–water partition coefficient (Wildman–Crippen LogP) is 1.18. The lowest BCUT2D eigenvalue weighted by atomic mass is 10.4. The maximum atomic E-state index is 4.85. The minimum absolute atomic E-state index is 0.118. The van der Waals surface area contributed by atoms with E-state index in [9.17, 15) is 0 Å². The molecule has 0 spiro atoms. The molecule has 48 valence electrons. The van der Waals surface area contributed by atoms with Crippen molar-refractivity contribution in [3.05, 3.63) is 12.7 Å². The number of methoxy groups -OCH3 is 2. The average molecular weight is 116 g/mol. The van der Waals surface area contributed by atoms with Gasteiger partial charge in [-0.25, -0.2) is 0 Å². The van der Waals surface area contributed by atoms with Crippen molar-refractivity contribution in [3.8, 4) is 0 Å². The van der Waals surface area contributed by atoms with Gasteiger partial charge in [0.15, 0.2) is 6.29 Å². The topological polar surface area (TPSA) is 18.5 Å². The summed E-state index contributed by atoms with van der Waals surface area (Å²) in [6.07, 6.45) is 2.39. The van der Waals surface area contributed by atoms with Crippen molar-refractivity contribution in [3.63, 3.8) is 0 Å². The van der Waals surface area contributed by atoms with Crippen LogP contribution in [0.5, 0.6) is 0 Å². The molecule has 0 aliphatic rings. The highest BCUT2D eigenvalue weighted by molar-refractivity contribution is 4.67. The fourth-order valence-corrected chi connectivity index (χ4v) is 0.425. The minimum Gasteiger partial charge on any atom is -0.356 e. The van der Waals surface area contributed by atoms with Gasteiger partial charge >= 0.3 is 0 Å². The third-order valence-corrected chi connectivity index (χ3v) is 0.885. The number of hydrogen-bond donors (Lipinski definition) is 0. The third-order valence-electron chi connectivity index (χ3n) is 0.885. The smallest absolute Gasteiger partial charge is 0.160 e. The number of ether oxygens (including phenoxy) is 2. The Hall–Kier alpha value is -0.340. The van der Waals surface area contributed by atoms with Crippen molar-refractivity contribution in [1.29, 1.82) is 0 Å². The first kappa shape index (κ1) is 7.66. The molecule has 0 bridgehead atoms. The standard InChI is InChI=1S/C6H12O2/c1-4-5-6(7-2)8-3/h4,6H,1,5H2,2-3H3. The van der Waals surface area contributed by atoms with Crippen LogP contribution in [0.4, 0.5) is 0 Å². The molecule has 0 atom stereocenters. The SMILES string of the molecule is C=CCC(OC)OC. The molecule has 0 aliphatic carbocycles. The van der Waals surface area contributed by atoms with Gasteiger partial charge in [-0.05, 0) is 0 Å². The fraction of sp³-hybridized carbons (Fsp3) is 0.667. The molecule has 0 radical (unpaired) electrons. The molecular weight excluding hydrogens is 104 g/mol. The Morgan fingerprint density at radius 2 is 2.00 bits per heavy atom. The van der Waals surface area contributed by atoms with Gasteiger partial charge in [-0.2, -0.15) is 0 Å². The van der Waals surface area contributed by atoms with E-state index in [1.165, 1.54) is 0 Å². The molecule has 0 aromatic rings. The molecule has 0 N–H and O–H groups in total. The molecule has 8 heavy (non-hydrogen) atoms. The normalized spacial score (nSPS) is 9.88. The summed E-state index contributed by atoms with van der Waals surface area (Å²) >= 11 is 0. The second-order valence-electron chi connectivity index (χ2n) is 1.43. The van der Waals surface area contributed by atoms with Crippen LogP contribution in [0.15, 0.2) is 12.7 Å². The van der Waals surface area contributed by atoms with E-state index in [0.29, 0.717) is 0 Å². The van der Waals surface area contributed by atoms with Gasteiger partial charge in [-0.15, -0.1) is 6.58 Å². The van der Waals surface area contributed by atoms with Crippen molar-refractivity contribution in [2.24, 2.45) is 0 Å². The van der Waals surface area contributed by atoms with Gasteiger partial charge in [0.1, 0.15) is 0 Å². The number of hydrogen-bond acceptors (Lipinski definition) is 2. The summed E-state index contributed by atoms with van der Waals surface area (Å²) in [6.45, 7) is 3.54. The van der Waals surface area contributed by atoms with Crippen LogP contribution in [0.3, 0.4) is 0 Å². The summed E-state index contributed by atoms with van der Waals surface area (Å²) in [5, 5.41) is 0. The first-order chi connectivity index (χ1) is 3.85. The van der Waals surface area contributed by atoms with Gasteiger partial charge in [-0.3, -0.25) is 0 Å². The van der Waals surface area contributed by atoms with Crippen LogP contribution in [0.25, 0.3) is 0 Å². The van der Waals surface area contributed by atoms with E-state index in [0.717, 1.165) is 6.42 Å². The van der Waals surface area contributed by atoms with Crippen molar-refractivity contribution in [2.75, 3.05) is 14.2 Å². The molecule has 2 nitrogen and oxygen atoms in total. The average Bonchev–Trinajstić information content (AvgIpc) is 1.83. The van der Waals surface area contributed by atoms with Gasteiger partial charge in [-0.1, -0.05) is 6.08 Å². The summed E-state index contributed by atoms with van der Waals surface area (Å²) < 4.78 is 9.69. The first-order valence-corrected chi connectivity index (χ1v) is 2.51. The summed E-state index contributed by atoms with van der Waals surface area (Å²) in [5.41, 5.74) is 0. The molecule has 0 amide bonds. The lowest BCUT2D eigenvalue weighted by Crippen LogP contribution is -2.10. The van der Waals surface area contributed by atoms with Gasteiger partial charge < -0.3 is 9.47 Å². The van der Waals surface area contributed by atoms with E-state index in [-0.39, 0.29) is 6.29 Å². The second-order valence-corrected chi connectivity index (χ2v) is 1.43. The van der Waals surface area contributed by atoms with Crippen LogP contribution in [0.2, 0.25) is 0 Å². The molecule has 0 heterocycles. The van der Waals surface area contributed by atoms with E-state index in [4.69, 9.17) is 9.47 Å². The Bertz CT molecular complexity index is 57.5. The highest BCUT2D eigenvalue weighted by Crippen LogP contribution is 1.95. The van der Waals surface area contributed by atoms with Gasteiger partial charge in [0.25, 0.3) is 0 Å². The Labute approximate surface area is 50.1 Å². The zero-order chi connectivity index (χ0) is 6.41. The first-order valence-electron chi connectivity index (χ1n) is 2.51. The zero-order valence-corrected chi connectivity index (χ0v) is 5.39. The van der Waals surface area contributed by atoms with Gasteiger partial charge in [0, 0.05) is 20.6 Å². The van der Waals surface area contributed by atoms with Crippen LogP contribution in [-0.4, -0.2) is 20.5 Å². The molecule has 0 aromatic carbocycles. The zero-order valence-electron chi connectivity index (χ0n) is 5.39. The predicted molar refractivity (Wildman–Crippen MR) is 32.6 cm³/mol. The van der Waals surface area contributed by atoms with Crippen LogP contribution in [-0.2, 0) is 9.47 Å². The summed E-state index contributed by atoms with van der Waals surface area (Å²) in [5.74, 6) is 0. The molecule has 0 aromatic heterocycles. The quantitative estimate of drug-likeness (QED) is 0.405. The van der Waals surface area contributed by atoms with Gasteiger partial charge in [0.05, 0.1) is 0 Å². The fourth-order valence-electron chi connectivity index (χ4n) is 0.425. The van der Waals surface area contributed by atoms with E-state index >= 15 is 0 Å². The monoisotopic (exact) mass is 116 g/mol. The molecule has 0 aliphatic heterocycles. The van der Waals surface area contributed by atoms with Crippen molar-refractivity contribution < 1.29 is 9.47 Å². The summed E-state index contributed by atoms with van der Waals surface area (Å²) in [6, 6.07) is 0. The molecule has 0 rings (SSSR count). The lowest BCUT2D eigenvalue weighted by Gasteiger charge is -2.08. The van der Waals surface area contributed by atoms with E-state index in [1.807, 2.05) is 0 Å². The summed E-state index contributed by atoms with van der Waals surface area (Å²) in [4.78, 5) is 0. The van der Waals surface area contributed by atoms with E-state index < -0.39 is 0 Å². The highest BCUT2D eigenvalue weighted by atomic mass is 16.7. The Morgan fingerprint density at radius 1 is 1.50 bits per heavy atom. The molecule has 0 saturated heterocycles. The lowest BCUT2D eigenvalue weighted by molar-refractivity contribution is -0.0985. The molecule has 0 fully saturated rings. The largest absolute Gasteiger partial charge is 0.356 e. The maximum absolute atomic E-state index is 4.85. The summed E-state index contributed by atoms with van der Waals surface area (Å²) in [7, 11) is 3.22. The molecular formula is C6H12O2. The van der Waals surface area contributed by atoms with E-state index in [1.54, 1.807) is 20.3 Å². The number of rotatable bonds is 4. The van der Waals surface area contributed by atoms with Crippen LogP contribution in [0, 0.1) is 0 Å². The van der Waals surface area contributed by atoms with Crippen LogP contribution >= 0.6 is 0 Å². The van der Waals surface area contributed by atoms with Crippen molar-refractivity contribution >= 4 is 0 Å². The minimum atomic E-state index is -0.118.